The number of hydrogen-bond donors (Lipinski definition) is 1. The molecule has 0 aromatic heterocycles. The van der Waals surface area contributed by atoms with E-state index in [1.54, 1.807) is 6.92 Å². The lowest BCUT2D eigenvalue weighted by Crippen LogP contribution is -2.25. The van der Waals surface area contributed by atoms with Gasteiger partial charge in [-0.25, -0.2) is 0 Å². The van der Waals surface area contributed by atoms with Crippen LogP contribution >= 0.6 is 0 Å². The largest absolute Gasteiger partial charge is 0.387 e. The van der Waals surface area contributed by atoms with Gasteiger partial charge in [-0.3, -0.25) is 0 Å². The van der Waals surface area contributed by atoms with E-state index in [1.165, 1.54) is 0 Å². The van der Waals surface area contributed by atoms with Crippen molar-refractivity contribution in [2.45, 2.75) is 25.9 Å². The number of aliphatic hydroxyl groups is 1. The van der Waals surface area contributed by atoms with Crippen molar-refractivity contribution in [3.05, 3.63) is 6.10 Å². The minimum Gasteiger partial charge on any atom is -0.387 e. The van der Waals surface area contributed by atoms with E-state index < -0.39 is 5.60 Å². The maximum Gasteiger partial charge on any atom is 0.125 e. The number of rotatable bonds is 0. The van der Waals surface area contributed by atoms with E-state index in [0.717, 1.165) is 12.5 Å². The summed E-state index contributed by atoms with van der Waals surface area (Å²) in [5, 5.41) is 9.30. The lowest BCUT2D eigenvalue weighted by molar-refractivity contribution is 0.0521. The second kappa shape index (κ2) is 1.71. The molecule has 0 aromatic rings. The Kier molecular flexibility index (Phi) is 1.29. The summed E-state index contributed by atoms with van der Waals surface area (Å²) in [4.78, 5) is 0. The summed E-state index contributed by atoms with van der Waals surface area (Å²) in [6.45, 7) is 4.25. The Balaban J connectivity index is 2.54. The quantitative estimate of drug-likeness (QED) is 0.503. The summed E-state index contributed by atoms with van der Waals surface area (Å²) in [5.41, 5.74) is -0.653. The van der Waals surface area contributed by atoms with E-state index in [2.05, 4.69) is 0 Å². The van der Waals surface area contributed by atoms with Crippen molar-refractivity contribution in [3.8, 4) is 0 Å². The fourth-order valence-electron chi connectivity index (χ4n) is 0.734. The lowest BCUT2D eigenvalue weighted by atomic mass is 10.0. The highest BCUT2D eigenvalue weighted by Crippen LogP contribution is 2.30. The van der Waals surface area contributed by atoms with Crippen LogP contribution in [-0.4, -0.2) is 17.3 Å². The molecule has 1 aliphatic rings. The summed E-state index contributed by atoms with van der Waals surface area (Å²) in [7, 11) is 0. The first-order valence-electron chi connectivity index (χ1n) is 2.82. The first-order valence-corrected chi connectivity index (χ1v) is 2.82. The Bertz CT molecular complexity index is 88.5. The fraction of sp³-hybridized carbons (Fsp3) is 0.833. The third-order valence-electron chi connectivity index (χ3n) is 1.67. The molecule has 0 amide bonds. The third-order valence-corrected chi connectivity index (χ3v) is 1.67. The van der Waals surface area contributed by atoms with Crippen LogP contribution < -0.4 is 0 Å². The molecule has 8 heavy (non-hydrogen) atoms. The van der Waals surface area contributed by atoms with Crippen LogP contribution in [0.2, 0.25) is 0 Å². The Morgan fingerprint density at radius 3 is 2.50 bits per heavy atom. The molecule has 1 fully saturated rings. The molecular weight excluding hydrogens is 104 g/mol. The Hall–Kier alpha value is -0.0800. The topological polar surface area (TPSA) is 29.5 Å². The van der Waals surface area contributed by atoms with Crippen LogP contribution in [0, 0.1) is 6.10 Å². The fourth-order valence-corrected chi connectivity index (χ4v) is 0.734. The zero-order valence-corrected chi connectivity index (χ0v) is 5.27. The monoisotopic (exact) mass is 115 g/mol. The van der Waals surface area contributed by atoms with E-state index >= 15 is 0 Å². The third kappa shape index (κ3) is 0.858. The SMILES string of the molecule is C[C]1OCCC1(C)O. The average Bonchev–Trinajstić information content (AvgIpc) is 1.86. The minimum absolute atomic E-state index is 0.653. The van der Waals surface area contributed by atoms with Crippen LogP contribution in [0.1, 0.15) is 20.3 Å². The first kappa shape index (κ1) is 6.05. The maximum absolute atomic E-state index is 9.30. The van der Waals surface area contributed by atoms with Crippen LogP contribution in [0.4, 0.5) is 0 Å². The second-order valence-electron chi connectivity index (χ2n) is 2.43. The van der Waals surface area contributed by atoms with E-state index in [9.17, 15) is 5.11 Å². The molecule has 47 valence electrons. The van der Waals surface area contributed by atoms with Gasteiger partial charge in [-0.1, -0.05) is 0 Å². The summed E-state index contributed by atoms with van der Waals surface area (Å²) in [6, 6.07) is 0. The van der Waals surface area contributed by atoms with E-state index in [-0.39, 0.29) is 0 Å². The highest BCUT2D eigenvalue weighted by atomic mass is 16.5. The van der Waals surface area contributed by atoms with Gasteiger partial charge < -0.3 is 9.84 Å². The van der Waals surface area contributed by atoms with Gasteiger partial charge in [0.25, 0.3) is 0 Å². The van der Waals surface area contributed by atoms with Crippen molar-refractivity contribution >= 4 is 0 Å². The van der Waals surface area contributed by atoms with Crippen LogP contribution in [0.3, 0.4) is 0 Å². The molecule has 1 N–H and O–H groups in total. The van der Waals surface area contributed by atoms with Crippen molar-refractivity contribution in [1.82, 2.24) is 0 Å². The molecule has 2 nitrogen and oxygen atoms in total. The first-order chi connectivity index (χ1) is 3.63. The summed E-state index contributed by atoms with van der Waals surface area (Å²) in [5.74, 6) is 0. The molecule has 0 bridgehead atoms. The zero-order valence-electron chi connectivity index (χ0n) is 5.27. The molecule has 1 rings (SSSR count). The van der Waals surface area contributed by atoms with Crippen molar-refractivity contribution in [2.24, 2.45) is 0 Å². The average molecular weight is 115 g/mol. The zero-order chi connectivity index (χ0) is 6.20. The Labute approximate surface area is 49.5 Å². The molecule has 1 radical (unpaired) electrons. The van der Waals surface area contributed by atoms with Gasteiger partial charge in [0.1, 0.15) is 6.10 Å². The second-order valence-corrected chi connectivity index (χ2v) is 2.43. The normalized spacial score (nSPS) is 40.9. The molecule has 1 aliphatic heterocycles. The molecule has 1 atom stereocenters. The van der Waals surface area contributed by atoms with Gasteiger partial charge >= 0.3 is 0 Å². The van der Waals surface area contributed by atoms with Crippen LogP contribution in [-0.2, 0) is 4.74 Å². The standard InChI is InChI=1S/C6H11O2/c1-5-6(2,7)3-4-8-5/h7H,3-4H2,1-2H3. The van der Waals surface area contributed by atoms with E-state index in [4.69, 9.17) is 4.74 Å². The van der Waals surface area contributed by atoms with Gasteiger partial charge in [0.15, 0.2) is 0 Å². The van der Waals surface area contributed by atoms with Crippen molar-refractivity contribution in [3.63, 3.8) is 0 Å². The van der Waals surface area contributed by atoms with Crippen LogP contribution in [0.5, 0.6) is 0 Å². The lowest BCUT2D eigenvalue weighted by Gasteiger charge is -2.17. The van der Waals surface area contributed by atoms with Gasteiger partial charge in [0.05, 0.1) is 12.2 Å². The molecule has 0 aromatic carbocycles. The van der Waals surface area contributed by atoms with Crippen molar-refractivity contribution in [1.29, 1.82) is 0 Å². The van der Waals surface area contributed by atoms with Gasteiger partial charge in [-0.15, -0.1) is 0 Å². The van der Waals surface area contributed by atoms with Crippen molar-refractivity contribution in [2.75, 3.05) is 6.61 Å². The van der Waals surface area contributed by atoms with Crippen molar-refractivity contribution < 1.29 is 9.84 Å². The van der Waals surface area contributed by atoms with Crippen LogP contribution in [0.25, 0.3) is 0 Å². The highest BCUT2D eigenvalue weighted by molar-refractivity contribution is 4.98. The molecule has 1 unspecified atom stereocenters. The summed E-state index contributed by atoms with van der Waals surface area (Å²) in [6.07, 6.45) is 1.48. The van der Waals surface area contributed by atoms with Gasteiger partial charge in [-0.05, 0) is 13.8 Å². The van der Waals surface area contributed by atoms with Gasteiger partial charge in [0.2, 0.25) is 0 Å². The molecular formula is C6H11O2. The molecule has 1 saturated heterocycles. The van der Waals surface area contributed by atoms with E-state index in [0.29, 0.717) is 6.61 Å². The Morgan fingerprint density at radius 1 is 1.75 bits per heavy atom. The summed E-state index contributed by atoms with van der Waals surface area (Å²) < 4.78 is 5.03. The molecule has 0 aliphatic carbocycles. The minimum atomic E-state index is -0.653. The molecule has 2 heteroatoms. The highest BCUT2D eigenvalue weighted by Gasteiger charge is 2.35. The predicted octanol–water partition coefficient (Wildman–Crippen LogP) is 0.710. The smallest absolute Gasteiger partial charge is 0.125 e. The summed E-state index contributed by atoms with van der Waals surface area (Å²) >= 11 is 0. The maximum atomic E-state index is 9.30. The number of hydrogen-bond acceptors (Lipinski definition) is 2. The van der Waals surface area contributed by atoms with Crippen LogP contribution in [0.15, 0.2) is 0 Å². The predicted molar refractivity (Wildman–Crippen MR) is 30.1 cm³/mol. The van der Waals surface area contributed by atoms with Gasteiger partial charge in [0, 0.05) is 6.42 Å². The molecule has 0 saturated carbocycles. The number of ether oxygens (including phenoxy) is 1. The molecule has 0 spiro atoms. The Morgan fingerprint density at radius 2 is 2.38 bits per heavy atom. The van der Waals surface area contributed by atoms with E-state index in [1.807, 2.05) is 6.92 Å². The molecule has 1 heterocycles. The van der Waals surface area contributed by atoms with Gasteiger partial charge in [-0.2, -0.15) is 0 Å².